The molecule has 0 atom stereocenters. The highest BCUT2D eigenvalue weighted by molar-refractivity contribution is 6.33. The smallest absolute Gasteiger partial charge is 0.308 e. The van der Waals surface area contributed by atoms with Crippen molar-refractivity contribution in [2.45, 2.75) is 0 Å². The molecule has 0 heterocycles. The summed E-state index contributed by atoms with van der Waals surface area (Å²) in [6, 6.07) is 8.29. The molecule has 0 unspecified atom stereocenters. The highest BCUT2D eigenvalue weighted by atomic mass is 35.5. The number of isocyanates is 2. The van der Waals surface area contributed by atoms with Crippen molar-refractivity contribution in [3.05, 3.63) is 46.4 Å². The zero-order valence-electron chi connectivity index (χ0n) is 11.8. The molecule has 120 valence electrons. The van der Waals surface area contributed by atoms with Gasteiger partial charge in [-0.3, -0.25) is 0 Å². The van der Waals surface area contributed by atoms with E-state index in [-0.39, 0.29) is 21.4 Å². The minimum atomic E-state index is -0.568. The van der Waals surface area contributed by atoms with Crippen molar-refractivity contribution in [2.75, 3.05) is 10.6 Å². The Hall–Kier alpha value is -2.95. The van der Waals surface area contributed by atoms with Gasteiger partial charge >= 0.3 is 6.03 Å². The number of halogens is 2. The fourth-order valence-electron chi connectivity index (χ4n) is 1.74. The quantitative estimate of drug-likeness (QED) is 0.615. The molecule has 2 N–H and O–H groups in total. The van der Waals surface area contributed by atoms with Crippen molar-refractivity contribution in [3.8, 4) is 0 Å². The van der Waals surface area contributed by atoms with Crippen LogP contribution in [-0.4, -0.2) is 18.2 Å². The van der Waals surface area contributed by atoms with E-state index in [1.807, 2.05) is 0 Å². The molecule has 0 radical (unpaired) electrons. The minimum Gasteiger partial charge on any atom is -0.308 e. The summed E-state index contributed by atoms with van der Waals surface area (Å²) in [4.78, 5) is 39.5. The highest BCUT2D eigenvalue weighted by Crippen LogP contribution is 2.29. The zero-order chi connectivity index (χ0) is 17.5. The fourth-order valence-corrected chi connectivity index (χ4v) is 2.06. The Labute approximate surface area is 146 Å². The van der Waals surface area contributed by atoms with Crippen LogP contribution < -0.4 is 10.6 Å². The van der Waals surface area contributed by atoms with E-state index in [4.69, 9.17) is 23.2 Å². The Balaban J connectivity index is 2.14. The Kier molecular flexibility index (Phi) is 5.84. The Bertz CT molecular complexity index is 817. The molecule has 0 aromatic heterocycles. The highest BCUT2D eigenvalue weighted by Gasteiger charge is 2.07. The van der Waals surface area contributed by atoms with Crippen molar-refractivity contribution < 1.29 is 14.4 Å². The molecule has 2 rings (SSSR count). The predicted octanol–water partition coefficient (Wildman–Crippen LogP) is 4.57. The number of nitrogens with zero attached hydrogens (tertiary/aromatic N) is 2. The lowest BCUT2D eigenvalue weighted by Crippen LogP contribution is -2.19. The lowest BCUT2D eigenvalue weighted by Gasteiger charge is -2.09. The van der Waals surface area contributed by atoms with Gasteiger partial charge in [-0.2, -0.15) is 9.98 Å². The molecule has 0 aliphatic rings. The van der Waals surface area contributed by atoms with Gasteiger partial charge in [-0.15, -0.1) is 0 Å². The molecule has 2 aromatic rings. The Morgan fingerprint density at radius 2 is 1.25 bits per heavy atom. The maximum absolute atomic E-state index is 12.0. The van der Waals surface area contributed by atoms with E-state index in [1.165, 1.54) is 48.6 Å². The third-order valence-corrected chi connectivity index (χ3v) is 3.38. The van der Waals surface area contributed by atoms with Crippen LogP contribution in [0.5, 0.6) is 0 Å². The zero-order valence-corrected chi connectivity index (χ0v) is 13.4. The molecule has 24 heavy (non-hydrogen) atoms. The number of nitrogens with one attached hydrogen (secondary N) is 2. The van der Waals surface area contributed by atoms with E-state index >= 15 is 0 Å². The summed E-state index contributed by atoms with van der Waals surface area (Å²) in [6.07, 6.45) is 2.75. The molecule has 0 saturated carbocycles. The number of amides is 2. The summed E-state index contributed by atoms with van der Waals surface area (Å²) in [5.41, 5.74) is 1.09. The van der Waals surface area contributed by atoms with Crippen LogP contribution >= 0.6 is 23.2 Å². The Morgan fingerprint density at radius 1 is 0.833 bits per heavy atom. The second-order valence-electron chi connectivity index (χ2n) is 4.32. The average Bonchev–Trinajstić information content (AvgIpc) is 2.54. The number of hydrogen-bond donors (Lipinski definition) is 2. The van der Waals surface area contributed by atoms with Gasteiger partial charge in [0.15, 0.2) is 0 Å². The largest absolute Gasteiger partial charge is 0.323 e. The normalized spacial score (nSPS) is 9.42. The van der Waals surface area contributed by atoms with E-state index in [0.29, 0.717) is 11.4 Å². The monoisotopic (exact) mass is 362 g/mol. The molecule has 0 saturated heterocycles. The van der Waals surface area contributed by atoms with Crippen molar-refractivity contribution in [2.24, 2.45) is 9.98 Å². The first kappa shape index (κ1) is 17.4. The maximum Gasteiger partial charge on any atom is 0.323 e. The molecule has 0 bridgehead atoms. The summed E-state index contributed by atoms with van der Waals surface area (Å²) in [5.74, 6) is 0. The molecule has 2 amide bonds. The van der Waals surface area contributed by atoms with Crippen LogP contribution in [0.2, 0.25) is 10.0 Å². The third kappa shape index (κ3) is 4.52. The van der Waals surface area contributed by atoms with Gasteiger partial charge in [0.2, 0.25) is 12.2 Å². The molecule has 0 aliphatic carbocycles. The lowest BCUT2D eigenvalue weighted by atomic mass is 10.2. The number of urea groups is 1. The van der Waals surface area contributed by atoms with Gasteiger partial charge in [-0.05, 0) is 36.4 Å². The molecule has 0 fully saturated rings. The van der Waals surface area contributed by atoms with Crippen molar-refractivity contribution in [1.82, 2.24) is 0 Å². The molecule has 0 aliphatic heterocycles. The number of carbonyl (C=O) groups is 1. The van der Waals surface area contributed by atoms with Crippen LogP contribution in [-0.2, 0) is 9.59 Å². The van der Waals surface area contributed by atoms with Gasteiger partial charge in [0, 0.05) is 11.4 Å². The van der Waals surface area contributed by atoms with E-state index in [1.54, 1.807) is 0 Å². The molecule has 7 nitrogen and oxygen atoms in total. The average molecular weight is 363 g/mol. The fraction of sp³-hybridized carbons (Fsp3) is 0. The molecular formula is C15H8Cl2N4O3. The summed E-state index contributed by atoms with van der Waals surface area (Å²) in [7, 11) is 0. The van der Waals surface area contributed by atoms with Crippen LogP contribution in [0, 0.1) is 0 Å². The number of benzene rings is 2. The third-order valence-electron chi connectivity index (χ3n) is 2.74. The number of hydrogen-bond acceptors (Lipinski definition) is 5. The summed E-state index contributed by atoms with van der Waals surface area (Å²) in [6.45, 7) is 0. The van der Waals surface area contributed by atoms with Crippen molar-refractivity contribution in [3.63, 3.8) is 0 Å². The first-order valence-electron chi connectivity index (χ1n) is 6.36. The van der Waals surface area contributed by atoms with Gasteiger partial charge in [-0.25, -0.2) is 14.4 Å². The van der Waals surface area contributed by atoms with Crippen LogP contribution in [0.1, 0.15) is 0 Å². The second-order valence-corrected chi connectivity index (χ2v) is 5.13. The second kappa shape index (κ2) is 8.06. The van der Waals surface area contributed by atoms with Gasteiger partial charge in [0.05, 0.1) is 21.4 Å². The molecule has 0 spiro atoms. The van der Waals surface area contributed by atoms with Crippen LogP contribution in [0.4, 0.5) is 27.5 Å². The number of anilines is 2. The first-order valence-corrected chi connectivity index (χ1v) is 7.12. The van der Waals surface area contributed by atoms with Crippen LogP contribution in [0.3, 0.4) is 0 Å². The van der Waals surface area contributed by atoms with Crippen LogP contribution in [0.25, 0.3) is 0 Å². The van der Waals surface area contributed by atoms with E-state index in [9.17, 15) is 14.4 Å². The van der Waals surface area contributed by atoms with Crippen molar-refractivity contribution >= 4 is 64.1 Å². The standard InChI is InChI=1S/C15H8Cl2N4O3/c16-11-3-1-9(5-13(11)18-7-22)20-15(24)21-10-2-4-12(17)14(6-10)19-8-23/h1-6H,(H2,20,21,24). The number of rotatable bonds is 4. The molecule has 2 aromatic carbocycles. The summed E-state index contributed by atoms with van der Waals surface area (Å²) >= 11 is 11.7. The van der Waals surface area contributed by atoms with Gasteiger partial charge < -0.3 is 10.6 Å². The maximum atomic E-state index is 12.0. The lowest BCUT2D eigenvalue weighted by molar-refractivity contribution is 0.262. The summed E-state index contributed by atoms with van der Waals surface area (Å²) < 4.78 is 0. The molecular weight excluding hydrogens is 355 g/mol. The van der Waals surface area contributed by atoms with E-state index in [2.05, 4.69) is 20.6 Å². The van der Waals surface area contributed by atoms with Gasteiger partial charge in [0.1, 0.15) is 0 Å². The molecule has 9 heteroatoms. The van der Waals surface area contributed by atoms with Gasteiger partial charge in [-0.1, -0.05) is 23.2 Å². The van der Waals surface area contributed by atoms with E-state index < -0.39 is 6.03 Å². The number of carbonyl (C=O) groups excluding carboxylic acids is 3. The Morgan fingerprint density at radius 3 is 1.62 bits per heavy atom. The SMILES string of the molecule is O=C=Nc1cc(NC(=O)Nc2ccc(Cl)c(N=C=O)c2)ccc1Cl. The minimum absolute atomic E-state index is 0.179. The summed E-state index contributed by atoms with van der Waals surface area (Å²) in [5, 5.41) is 5.58. The van der Waals surface area contributed by atoms with Crippen LogP contribution in [0.15, 0.2) is 46.4 Å². The topological polar surface area (TPSA) is 100.0 Å². The van der Waals surface area contributed by atoms with Crippen molar-refractivity contribution in [1.29, 1.82) is 0 Å². The number of aliphatic imine (C=N–C) groups is 2. The first-order chi connectivity index (χ1) is 11.5. The predicted molar refractivity (Wildman–Crippen MR) is 91.1 cm³/mol. The van der Waals surface area contributed by atoms with E-state index in [0.717, 1.165) is 0 Å². The van der Waals surface area contributed by atoms with Gasteiger partial charge in [0.25, 0.3) is 0 Å².